The number of hydrogen-bond acceptors (Lipinski definition) is 6. The summed E-state index contributed by atoms with van der Waals surface area (Å²) in [5.41, 5.74) is 1.80. The summed E-state index contributed by atoms with van der Waals surface area (Å²) in [6, 6.07) is 17.3. The molecular formula is C19H14FN5OS. The van der Waals surface area contributed by atoms with Crippen LogP contribution in [0.4, 0.5) is 15.2 Å². The van der Waals surface area contributed by atoms with Gasteiger partial charge in [-0.15, -0.1) is 10.2 Å². The number of anilines is 2. The van der Waals surface area contributed by atoms with Gasteiger partial charge < -0.3 is 5.32 Å². The fourth-order valence-electron chi connectivity index (χ4n) is 2.57. The van der Waals surface area contributed by atoms with Gasteiger partial charge in [0.05, 0.1) is 11.4 Å². The van der Waals surface area contributed by atoms with Crippen LogP contribution in [0.3, 0.4) is 0 Å². The molecule has 0 spiro atoms. The summed E-state index contributed by atoms with van der Waals surface area (Å²) in [4.78, 5) is 12.4. The van der Waals surface area contributed by atoms with Gasteiger partial charge in [-0.3, -0.25) is 4.79 Å². The number of nitrogens with one attached hydrogen (secondary N) is 1. The fourth-order valence-corrected chi connectivity index (χ4v) is 3.32. The van der Waals surface area contributed by atoms with Crippen molar-refractivity contribution in [2.75, 3.05) is 5.32 Å². The Labute approximate surface area is 158 Å². The lowest BCUT2D eigenvalue weighted by atomic mass is 10.3. The van der Waals surface area contributed by atoms with Crippen LogP contribution >= 0.6 is 11.3 Å². The molecule has 2 aromatic heterocycles. The second kappa shape index (κ2) is 7.08. The maximum Gasteiger partial charge on any atom is 0.210 e. The zero-order chi connectivity index (χ0) is 18.8. The SMILES string of the molecule is Cc1cc(=O)c(-c2nnc(Nc3ccccc3F)s2)nn1-c1ccccc1. The Morgan fingerprint density at radius 2 is 1.78 bits per heavy atom. The highest BCUT2D eigenvalue weighted by Crippen LogP contribution is 2.27. The Bertz CT molecular complexity index is 1160. The van der Waals surface area contributed by atoms with Gasteiger partial charge in [0.15, 0.2) is 10.7 Å². The maximum absolute atomic E-state index is 13.8. The second-order valence-corrected chi connectivity index (χ2v) is 6.74. The summed E-state index contributed by atoms with van der Waals surface area (Å²) in [6.45, 7) is 1.82. The molecule has 1 N–H and O–H groups in total. The van der Waals surface area contributed by atoms with E-state index in [4.69, 9.17) is 0 Å². The van der Waals surface area contributed by atoms with Gasteiger partial charge in [0.1, 0.15) is 5.82 Å². The third-order valence-corrected chi connectivity index (χ3v) is 4.70. The first-order valence-electron chi connectivity index (χ1n) is 8.13. The molecule has 2 heterocycles. The van der Waals surface area contributed by atoms with Gasteiger partial charge in [-0.1, -0.05) is 41.7 Å². The summed E-state index contributed by atoms with van der Waals surface area (Å²) in [6.07, 6.45) is 0. The number of aryl methyl sites for hydroxylation is 1. The molecule has 6 nitrogen and oxygen atoms in total. The molecule has 0 bridgehead atoms. The van der Waals surface area contributed by atoms with Crippen LogP contribution in [-0.2, 0) is 0 Å². The van der Waals surface area contributed by atoms with E-state index in [0.29, 0.717) is 21.5 Å². The van der Waals surface area contributed by atoms with E-state index in [2.05, 4.69) is 20.6 Å². The van der Waals surface area contributed by atoms with E-state index in [1.54, 1.807) is 22.9 Å². The zero-order valence-electron chi connectivity index (χ0n) is 14.3. The Hall–Kier alpha value is -3.39. The third-order valence-electron chi connectivity index (χ3n) is 3.85. The Kier molecular flexibility index (Phi) is 4.47. The fraction of sp³-hybridized carbons (Fsp3) is 0.0526. The van der Waals surface area contributed by atoms with E-state index < -0.39 is 5.82 Å². The van der Waals surface area contributed by atoms with Crippen molar-refractivity contribution in [2.24, 2.45) is 0 Å². The maximum atomic E-state index is 13.8. The molecule has 0 atom stereocenters. The third kappa shape index (κ3) is 3.47. The lowest BCUT2D eigenvalue weighted by Crippen LogP contribution is -2.15. The first-order valence-corrected chi connectivity index (χ1v) is 8.95. The van der Waals surface area contributed by atoms with Crippen LogP contribution < -0.4 is 10.7 Å². The van der Waals surface area contributed by atoms with Crippen molar-refractivity contribution in [3.63, 3.8) is 0 Å². The largest absolute Gasteiger partial charge is 0.328 e. The zero-order valence-corrected chi connectivity index (χ0v) is 15.1. The first-order chi connectivity index (χ1) is 13.1. The van der Waals surface area contributed by atoms with E-state index in [9.17, 15) is 9.18 Å². The molecule has 0 aliphatic carbocycles. The predicted molar refractivity (Wildman–Crippen MR) is 103 cm³/mol. The monoisotopic (exact) mass is 379 g/mol. The highest BCUT2D eigenvalue weighted by atomic mass is 32.1. The molecular weight excluding hydrogens is 365 g/mol. The molecule has 2 aromatic carbocycles. The number of para-hydroxylation sites is 2. The Balaban J connectivity index is 1.71. The molecule has 0 saturated carbocycles. The molecule has 27 heavy (non-hydrogen) atoms. The first kappa shape index (κ1) is 17.0. The van der Waals surface area contributed by atoms with Crippen LogP contribution in [0, 0.1) is 12.7 Å². The smallest absolute Gasteiger partial charge is 0.210 e. The molecule has 0 fully saturated rings. The van der Waals surface area contributed by atoms with Gasteiger partial charge >= 0.3 is 0 Å². The van der Waals surface area contributed by atoms with Crippen LogP contribution in [0.1, 0.15) is 5.69 Å². The van der Waals surface area contributed by atoms with Crippen LogP contribution in [0.15, 0.2) is 65.5 Å². The molecule has 134 valence electrons. The summed E-state index contributed by atoms with van der Waals surface area (Å²) < 4.78 is 15.5. The highest BCUT2D eigenvalue weighted by Gasteiger charge is 2.15. The van der Waals surface area contributed by atoms with Gasteiger partial charge in [-0.25, -0.2) is 9.07 Å². The predicted octanol–water partition coefficient (Wildman–Crippen LogP) is 3.94. The molecule has 0 amide bonds. The van der Waals surface area contributed by atoms with Crippen molar-refractivity contribution >= 4 is 22.2 Å². The minimum Gasteiger partial charge on any atom is -0.328 e. The van der Waals surface area contributed by atoms with Crippen molar-refractivity contribution in [3.8, 4) is 16.4 Å². The highest BCUT2D eigenvalue weighted by molar-refractivity contribution is 7.18. The standard InChI is InChI=1S/C19H14FN5OS/c1-12-11-16(26)17(24-25(12)13-7-3-2-4-8-13)18-22-23-19(27-18)21-15-10-6-5-9-14(15)20/h2-11H,1H3,(H,21,23). The van der Waals surface area contributed by atoms with Crippen molar-refractivity contribution in [3.05, 3.63) is 82.4 Å². The van der Waals surface area contributed by atoms with Gasteiger partial charge in [-0.05, 0) is 31.2 Å². The number of rotatable bonds is 4. The number of hydrogen-bond donors (Lipinski definition) is 1. The minimum absolute atomic E-state index is 0.198. The van der Waals surface area contributed by atoms with E-state index in [1.807, 2.05) is 37.3 Å². The normalized spacial score (nSPS) is 10.7. The van der Waals surface area contributed by atoms with Crippen LogP contribution in [0.25, 0.3) is 16.4 Å². The van der Waals surface area contributed by atoms with Crippen molar-refractivity contribution in [1.82, 2.24) is 20.0 Å². The molecule has 4 rings (SSSR count). The summed E-state index contributed by atoms with van der Waals surface area (Å²) >= 11 is 1.14. The molecule has 0 aliphatic heterocycles. The topological polar surface area (TPSA) is 72.7 Å². The van der Waals surface area contributed by atoms with E-state index in [1.165, 1.54) is 12.1 Å². The average Bonchev–Trinajstić information content (AvgIpc) is 3.13. The molecule has 0 saturated heterocycles. The van der Waals surface area contributed by atoms with E-state index >= 15 is 0 Å². The molecule has 8 heteroatoms. The van der Waals surface area contributed by atoms with Crippen molar-refractivity contribution in [1.29, 1.82) is 0 Å². The van der Waals surface area contributed by atoms with E-state index in [-0.39, 0.29) is 11.1 Å². The van der Waals surface area contributed by atoms with Crippen LogP contribution in [0.5, 0.6) is 0 Å². The van der Waals surface area contributed by atoms with Crippen molar-refractivity contribution in [2.45, 2.75) is 6.92 Å². The molecule has 0 radical (unpaired) electrons. The molecule has 0 unspecified atom stereocenters. The van der Waals surface area contributed by atoms with E-state index in [0.717, 1.165) is 17.0 Å². The second-order valence-electron chi connectivity index (χ2n) is 5.76. The van der Waals surface area contributed by atoms with Crippen LogP contribution in [-0.4, -0.2) is 20.0 Å². The van der Waals surface area contributed by atoms with Crippen LogP contribution in [0.2, 0.25) is 0 Å². The van der Waals surface area contributed by atoms with Gasteiger partial charge in [-0.2, -0.15) is 5.10 Å². The number of benzene rings is 2. The van der Waals surface area contributed by atoms with Crippen molar-refractivity contribution < 1.29 is 4.39 Å². The molecule has 4 aromatic rings. The molecule has 0 aliphatic rings. The minimum atomic E-state index is -0.394. The average molecular weight is 379 g/mol. The Morgan fingerprint density at radius 1 is 1.04 bits per heavy atom. The number of aromatic nitrogens is 4. The summed E-state index contributed by atoms with van der Waals surface area (Å²) in [5.74, 6) is -0.394. The quantitative estimate of drug-likeness (QED) is 0.581. The van der Waals surface area contributed by atoms with Gasteiger partial charge in [0.25, 0.3) is 0 Å². The summed E-state index contributed by atoms with van der Waals surface area (Å²) in [5, 5.41) is 16.1. The van der Waals surface area contributed by atoms with Gasteiger partial charge in [0.2, 0.25) is 10.6 Å². The van der Waals surface area contributed by atoms with Gasteiger partial charge in [0, 0.05) is 11.8 Å². The summed E-state index contributed by atoms with van der Waals surface area (Å²) in [7, 11) is 0. The number of nitrogens with zero attached hydrogens (tertiary/aromatic N) is 4. The number of halogens is 1. The lowest BCUT2D eigenvalue weighted by Gasteiger charge is -2.09. The lowest BCUT2D eigenvalue weighted by molar-refractivity contribution is 0.632. The Morgan fingerprint density at radius 3 is 2.56 bits per heavy atom.